The van der Waals surface area contributed by atoms with Crippen LogP contribution in [0.15, 0.2) is 24.4 Å². The van der Waals surface area contributed by atoms with Gasteiger partial charge in [0, 0.05) is 47.9 Å². The topological polar surface area (TPSA) is 77.7 Å². The summed E-state index contributed by atoms with van der Waals surface area (Å²) in [6.45, 7) is 12.1. The number of ether oxygens (including phenoxy) is 1. The zero-order chi connectivity index (χ0) is 24.3. The van der Waals surface area contributed by atoms with Crippen molar-refractivity contribution < 1.29 is 14.3 Å². The number of piperidine rings is 1. The lowest BCUT2D eigenvalue weighted by Gasteiger charge is -2.53. The molecule has 1 aromatic heterocycles. The number of nitrogens with one attached hydrogen (secondary N) is 2. The number of carbonyl (C=O) groups is 2. The van der Waals surface area contributed by atoms with E-state index in [0.717, 1.165) is 17.5 Å². The number of urea groups is 1. The first-order valence-corrected chi connectivity index (χ1v) is 11.8. The minimum Gasteiger partial charge on any atom is -0.372 e. The zero-order valence-electron chi connectivity index (χ0n) is 21.2. The highest BCUT2D eigenvalue weighted by molar-refractivity contribution is 5.97. The van der Waals surface area contributed by atoms with Crippen molar-refractivity contribution in [1.82, 2.24) is 20.1 Å². The number of carbonyl (C=O) groups excluding carboxylic acids is 2. The molecule has 0 radical (unpaired) electrons. The van der Waals surface area contributed by atoms with Gasteiger partial charge in [-0.15, -0.1) is 0 Å². The fourth-order valence-corrected chi connectivity index (χ4v) is 5.77. The van der Waals surface area contributed by atoms with Crippen molar-refractivity contribution in [3.8, 4) is 0 Å². The average molecular weight is 455 g/mol. The summed E-state index contributed by atoms with van der Waals surface area (Å²) in [5.41, 5.74) is 1.80. The van der Waals surface area contributed by atoms with E-state index in [9.17, 15) is 9.59 Å². The Morgan fingerprint density at radius 3 is 2.52 bits per heavy atom. The Labute approximate surface area is 196 Å². The molecule has 4 rings (SSSR count). The summed E-state index contributed by atoms with van der Waals surface area (Å²) in [6, 6.07) is 6.02. The van der Waals surface area contributed by atoms with Crippen LogP contribution < -0.4 is 5.32 Å². The largest absolute Gasteiger partial charge is 0.372 e. The zero-order valence-corrected chi connectivity index (χ0v) is 21.2. The third-order valence-electron chi connectivity index (χ3n) is 7.07. The summed E-state index contributed by atoms with van der Waals surface area (Å²) in [4.78, 5) is 34.2. The van der Waals surface area contributed by atoms with Gasteiger partial charge in [-0.3, -0.25) is 14.6 Å². The molecule has 1 saturated heterocycles. The minimum absolute atomic E-state index is 0.118. The van der Waals surface area contributed by atoms with E-state index in [1.54, 1.807) is 7.11 Å². The molecular formula is C26H38N4O3. The molecule has 0 saturated carbocycles. The van der Waals surface area contributed by atoms with Crippen LogP contribution in [0, 0.1) is 5.92 Å². The highest BCUT2D eigenvalue weighted by Gasteiger charge is 2.54. The highest BCUT2D eigenvalue weighted by Crippen LogP contribution is 2.49. The van der Waals surface area contributed by atoms with Crippen LogP contribution in [0.4, 0.5) is 4.79 Å². The molecule has 0 spiro atoms. The van der Waals surface area contributed by atoms with Crippen molar-refractivity contribution in [1.29, 1.82) is 0 Å². The number of H-pyrrole nitrogens is 1. The van der Waals surface area contributed by atoms with E-state index in [0.29, 0.717) is 13.0 Å². The molecule has 7 nitrogen and oxygen atoms in total. The number of imide groups is 1. The Balaban J connectivity index is 1.74. The molecule has 3 amide bonds. The first kappa shape index (κ1) is 23.8. The molecule has 33 heavy (non-hydrogen) atoms. The maximum Gasteiger partial charge on any atom is 0.324 e. The molecular weight excluding hydrogens is 416 g/mol. The molecule has 1 aliphatic carbocycles. The van der Waals surface area contributed by atoms with Crippen molar-refractivity contribution >= 4 is 22.8 Å². The maximum atomic E-state index is 14.0. The number of amides is 3. The van der Waals surface area contributed by atoms with Crippen LogP contribution in [0.5, 0.6) is 0 Å². The molecule has 2 N–H and O–H groups in total. The molecule has 3 atom stereocenters. The van der Waals surface area contributed by atoms with E-state index < -0.39 is 16.7 Å². The van der Waals surface area contributed by atoms with E-state index in [-0.39, 0.29) is 23.9 Å². The quantitative estimate of drug-likeness (QED) is 0.719. The average Bonchev–Trinajstić information content (AvgIpc) is 3.10. The van der Waals surface area contributed by atoms with Gasteiger partial charge in [0.1, 0.15) is 5.60 Å². The molecule has 0 bridgehead atoms. The van der Waals surface area contributed by atoms with Gasteiger partial charge in [0.15, 0.2) is 0 Å². The summed E-state index contributed by atoms with van der Waals surface area (Å²) < 4.78 is 6.33. The van der Waals surface area contributed by atoms with Gasteiger partial charge in [-0.2, -0.15) is 0 Å². The number of aromatic amines is 1. The van der Waals surface area contributed by atoms with E-state index in [1.165, 1.54) is 15.8 Å². The van der Waals surface area contributed by atoms with Crippen LogP contribution in [0.2, 0.25) is 0 Å². The standard InChI is InChI=1S/C26H38N4O3/c1-24(2,3)28-23(32)30(25(4,5)6)22(31)17-13-26(33-8)18-10-9-11-19-21(18)16(14-27-19)12-20(26)29(7)15-17/h9-11,14,17,20,27H,12-13,15H2,1-8H3,(H,28,32)/t17-,20-,26?/m1/s1. The fourth-order valence-electron chi connectivity index (χ4n) is 5.77. The molecule has 2 aromatic rings. The third-order valence-corrected chi connectivity index (χ3v) is 7.07. The van der Waals surface area contributed by atoms with E-state index in [1.807, 2.05) is 47.6 Å². The minimum atomic E-state index is -0.650. The third kappa shape index (κ3) is 3.95. The predicted molar refractivity (Wildman–Crippen MR) is 130 cm³/mol. The molecule has 7 heteroatoms. The lowest BCUT2D eigenvalue weighted by atomic mass is 9.68. The number of hydrogen-bond acceptors (Lipinski definition) is 4. The Hall–Kier alpha value is -2.38. The van der Waals surface area contributed by atoms with Gasteiger partial charge in [0.25, 0.3) is 0 Å². The van der Waals surface area contributed by atoms with E-state index >= 15 is 0 Å². The summed E-state index contributed by atoms with van der Waals surface area (Å²) in [5.74, 6) is -0.523. The Kier molecular flexibility index (Phi) is 5.65. The summed E-state index contributed by atoms with van der Waals surface area (Å²) in [5, 5.41) is 4.18. The molecule has 1 unspecified atom stereocenters. The first-order chi connectivity index (χ1) is 15.3. The Morgan fingerprint density at radius 2 is 1.91 bits per heavy atom. The summed E-state index contributed by atoms with van der Waals surface area (Å²) in [7, 11) is 3.81. The van der Waals surface area contributed by atoms with Crippen molar-refractivity contribution in [2.45, 2.75) is 77.1 Å². The number of rotatable bonds is 2. The number of likely N-dealkylation sites (tertiary alicyclic amines) is 1. The van der Waals surface area contributed by atoms with Gasteiger partial charge >= 0.3 is 6.03 Å². The van der Waals surface area contributed by atoms with Crippen molar-refractivity contribution in [3.63, 3.8) is 0 Å². The van der Waals surface area contributed by atoms with Crippen molar-refractivity contribution in [3.05, 3.63) is 35.5 Å². The number of likely N-dealkylation sites (N-methyl/N-ethyl adjacent to an activating group) is 1. The monoisotopic (exact) mass is 454 g/mol. The number of benzene rings is 1. The second-order valence-electron chi connectivity index (χ2n) is 11.7. The highest BCUT2D eigenvalue weighted by atomic mass is 16.5. The molecule has 1 fully saturated rings. The lowest BCUT2D eigenvalue weighted by molar-refractivity contribution is -0.156. The Morgan fingerprint density at radius 1 is 1.21 bits per heavy atom. The van der Waals surface area contributed by atoms with Gasteiger partial charge in [0.05, 0.1) is 5.92 Å². The number of hydrogen-bond donors (Lipinski definition) is 2. The fraction of sp³-hybridized carbons (Fsp3) is 0.615. The molecule has 180 valence electrons. The van der Waals surface area contributed by atoms with Crippen LogP contribution in [-0.4, -0.2) is 64.5 Å². The van der Waals surface area contributed by atoms with Gasteiger partial charge in [-0.1, -0.05) is 12.1 Å². The SMILES string of the molecule is COC12C[C@@H](C(=O)N(C(=O)NC(C)(C)C)C(C)(C)C)CN(C)[C@@H]1Cc1c[nH]c3cccc2c13. The van der Waals surface area contributed by atoms with E-state index in [4.69, 9.17) is 4.74 Å². The first-order valence-electron chi connectivity index (χ1n) is 11.8. The number of nitrogens with zero attached hydrogens (tertiary/aromatic N) is 2. The van der Waals surface area contributed by atoms with Crippen LogP contribution >= 0.6 is 0 Å². The molecule has 1 aromatic carbocycles. The van der Waals surface area contributed by atoms with Crippen molar-refractivity contribution in [2.75, 3.05) is 20.7 Å². The predicted octanol–water partition coefficient (Wildman–Crippen LogP) is 4.02. The molecule has 1 aliphatic heterocycles. The molecule has 2 heterocycles. The normalized spacial score (nSPS) is 25.6. The number of fused-ring (bicyclic) bond motifs is 2. The van der Waals surface area contributed by atoms with Crippen LogP contribution in [0.3, 0.4) is 0 Å². The maximum absolute atomic E-state index is 14.0. The lowest BCUT2D eigenvalue weighted by Crippen LogP contribution is -2.64. The van der Waals surface area contributed by atoms with Gasteiger partial charge in [0.2, 0.25) is 5.91 Å². The molecule has 2 aliphatic rings. The summed E-state index contributed by atoms with van der Waals surface area (Å²) >= 11 is 0. The van der Waals surface area contributed by atoms with Crippen molar-refractivity contribution in [2.24, 2.45) is 5.92 Å². The number of aromatic nitrogens is 1. The van der Waals surface area contributed by atoms with Crippen LogP contribution in [0.1, 0.15) is 59.1 Å². The van der Waals surface area contributed by atoms with Crippen LogP contribution in [0.25, 0.3) is 10.9 Å². The van der Waals surface area contributed by atoms with Gasteiger partial charge in [-0.25, -0.2) is 4.79 Å². The summed E-state index contributed by atoms with van der Waals surface area (Å²) in [6.07, 6.45) is 3.49. The van der Waals surface area contributed by atoms with Gasteiger partial charge < -0.3 is 15.0 Å². The Bertz CT molecular complexity index is 1080. The van der Waals surface area contributed by atoms with E-state index in [2.05, 4.69) is 40.6 Å². The second-order valence-corrected chi connectivity index (χ2v) is 11.7. The van der Waals surface area contributed by atoms with Gasteiger partial charge in [-0.05, 0) is 78.6 Å². The second kappa shape index (κ2) is 7.84. The van der Waals surface area contributed by atoms with Crippen LogP contribution in [-0.2, 0) is 21.6 Å². The smallest absolute Gasteiger partial charge is 0.324 e. The number of methoxy groups -OCH3 is 1.